The average Bonchev–Trinajstić information content (AvgIpc) is 2.63. The van der Waals surface area contributed by atoms with Crippen LogP contribution in [0, 0.1) is 19.7 Å². The topological polar surface area (TPSA) is 55.3 Å². The number of benzene rings is 2. The second-order valence-electron chi connectivity index (χ2n) is 6.10. The number of fused-ring (bicyclic) bond motifs is 1. The summed E-state index contributed by atoms with van der Waals surface area (Å²) in [5, 5.41) is 0. The second kappa shape index (κ2) is 7.47. The van der Waals surface area contributed by atoms with Gasteiger partial charge < -0.3 is 9.64 Å². The van der Waals surface area contributed by atoms with Crippen molar-refractivity contribution in [3.63, 3.8) is 0 Å². The normalized spacial score (nSPS) is 10.8. The number of rotatable bonds is 5. The summed E-state index contributed by atoms with van der Waals surface area (Å²) < 4.78 is 18.9. The number of halogens is 1. The molecule has 1 amide bonds. The number of nitrogens with zero attached hydrogens (tertiary/aromatic N) is 3. The van der Waals surface area contributed by atoms with Gasteiger partial charge in [0, 0.05) is 12.6 Å². The van der Waals surface area contributed by atoms with Crippen molar-refractivity contribution < 1.29 is 13.9 Å². The highest BCUT2D eigenvalue weighted by Gasteiger charge is 2.14. The summed E-state index contributed by atoms with van der Waals surface area (Å²) in [4.78, 5) is 23.1. The molecule has 134 valence electrons. The smallest absolute Gasteiger partial charge is 0.253 e. The molecular weight excluding hydrogens is 333 g/mol. The predicted octanol–water partition coefficient (Wildman–Crippen LogP) is 3.54. The molecule has 0 fully saturated rings. The van der Waals surface area contributed by atoms with Gasteiger partial charge in [-0.25, -0.2) is 14.4 Å². The van der Waals surface area contributed by atoms with Gasteiger partial charge in [0.1, 0.15) is 6.61 Å². The highest BCUT2D eigenvalue weighted by Crippen LogP contribution is 2.17. The van der Waals surface area contributed by atoms with Crippen LogP contribution in [-0.2, 0) is 0 Å². The molecule has 0 aliphatic rings. The van der Waals surface area contributed by atoms with Crippen LogP contribution < -0.4 is 4.74 Å². The van der Waals surface area contributed by atoms with Gasteiger partial charge in [0.15, 0.2) is 11.6 Å². The van der Waals surface area contributed by atoms with E-state index in [1.807, 2.05) is 13.8 Å². The number of hydrogen-bond donors (Lipinski definition) is 0. The molecule has 3 aromatic rings. The minimum absolute atomic E-state index is 0.149. The minimum atomic E-state index is -0.416. The fraction of sp³-hybridized carbons (Fsp3) is 0.250. The summed E-state index contributed by atoms with van der Waals surface area (Å²) in [7, 11) is 1.68. The van der Waals surface area contributed by atoms with E-state index in [0.29, 0.717) is 17.6 Å². The molecule has 0 atom stereocenters. The third kappa shape index (κ3) is 3.79. The molecular formula is C20H20FN3O2. The van der Waals surface area contributed by atoms with Crippen molar-refractivity contribution in [2.24, 2.45) is 0 Å². The number of carbonyl (C=O) groups is 1. The summed E-state index contributed by atoms with van der Waals surface area (Å²) >= 11 is 0. The van der Waals surface area contributed by atoms with Gasteiger partial charge in [0.05, 0.1) is 29.0 Å². The summed E-state index contributed by atoms with van der Waals surface area (Å²) in [6, 6.07) is 11.5. The SMILES string of the molecule is Cc1nc2ccc(C(=O)N(C)CCOc3ccccc3F)cc2nc1C. The lowest BCUT2D eigenvalue weighted by atomic mass is 10.1. The van der Waals surface area contributed by atoms with E-state index in [9.17, 15) is 9.18 Å². The lowest BCUT2D eigenvalue weighted by Gasteiger charge is -2.18. The Bertz CT molecular complexity index is 959. The fourth-order valence-corrected chi connectivity index (χ4v) is 2.54. The maximum absolute atomic E-state index is 13.5. The zero-order valence-corrected chi connectivity index (χ0v) is 15.0. The molecule has 0 spiro atoms. The van der Waals surface area contributed by atoms with Crippen molar-refractivity contribution >= 4 is 16.9 Å². The highest BCUT2D eigenvalue weighted by molar-refractivity contribution is 5.97. The number of amides is 1. The van der Waals surface area contributed by atoms with Crippen LogP contribution in [0.5, 0.6) is 5.75 Å². The number of hydrogen-bond acceptors (Lipinski definition) is 4. The Morgan fingerprint density at radius 2 is 1.77 bits per heavy atom. The van der Waals surface area contributed by atoms with Crippen LogP contribution in [0.15, 0.2) is 42.5 Å². The Balaban J connectivity index is 1.67. The molecule has 0 aliphatic heterocycles. The standard InChI is InChI=1S/C20H20FN3O2/c1-13-14(2)23-18-12-15(8-9-17(18)22-13)20(25)24(3)10-11-26-19-7-5-4-6-16(19)21/h4-9,12H,10-11H2,1-3H3. The van der Waals surface area contributed by atoms with E-state index >= 15 is 0 Å². The van der Waals surface area contributed by atoms with Gasteiger partial charge in [-0.3, -0.25) is 4.79 Å². The molecule has 0 N–H and O–H groups in total. The minimum Gasteiger partial charge on any atom is -0.489 e. The van der Waals surface area contributed by atoms with E-state index in [1.165, 1.54) is 11.0 Å². The van der Waals surface area contributed by atoms with E-state index in [0.717, 1.165) is 16.9 Å². The second-order valence-corrected chi connectivity index (χ2v) is 6.10. The van der Waals surface area contributed by atoms with Crippen LogP contribution in [-0.4, -0.2) is 41.0 Å². The number of likely N-dealkylation sites (N-methyl/N-ethyl adjacent to an activating group) is 1. The average molecular weight is 353 g/mol. The molecule has 1 aromatic heterocycles. The molecule has 6 heteroatoms. The Kier molecular flexibility index (Phi) is 5.11. The first-order chi connectivity index (χ1) is 12.5. The van der Waals surface area contributed by atoms with E-state index in [2.05, 4.69) is 9.97 Å². The van der Waals surface area contributed by atoms with Crippen LogP contribution >= 0.6 is 0 Å². The molecule has 0 radical (unpaired) electrons. The number of aromatic nitrogens is 2. The molecule has 3 rings (SSSR count). The van der Waals surface area contributed by atoms with Crippen LogP contribution in [0.3, 0.4) is 0 Å². The van der Waals surface area contributed by atoms with E-state index in [1.54, 1.807) is 43.4 Å². The van der Waals surface area contributed by atoms with Gasteiger partial charge in [0.2, 0.25) is 0 Å². The molecule has 0 unspecified atom stereocenters. The molecule has 1 heterocycles. The Morgan fingerprint density at radius 1 is 1.08 bits per heavy atom. The van der Waals surface area contributed by atoms with Crippen LogP contribution in [0.25, 0.3) is 11.0 Å². The monoisotopic (exact) mass is 353 g/mol. The van der Waals surface area contributed by atoms with Gasteiger partial charge in [-0.05, 0) is 44.2 Å². The van der Waals surface area contributed by atoms with E-state index in [-0.39, 0.29) is 18.3 Å². The predicted molar refractivity (Wildman–Crippen MR) is 97.9 cm³/mol. The number of carbonyl (C=O) groups excluding carboxylic acids is 1. The molecule has 2 aromatic carbocycles. The quantitative estimate of drug-likeness (QED) is 0.704. The largest absolute Gasteiger partial charge is 0.489 e. The summed E-state index contributed by atoms with van der Waals surface area (Å²) in [6.45, 7) is 4.34. The number of ether oxygens (including phenoxy) is 1. The third-order valence-corrected chi connectivity index (χ3v) is 4.19. The number of aryl methyl sites for hydroxylation is 2. The van der Waals surface area contributed by atoms with Crippen molar-refractivity contribution in [1.82, 2.24) is 14.9 Å². The van der Waals surface area contributed by atoms with Crippen molar-refractivity contribution in [2.75, 3.05) is 20.2 Å². The maximum atomic E-state index is 13.5. The van der Waals surface area contributed by atoms with E-state index < -0.39 is 5.82 Å². The summed E-state index contributed by atoms with van der Waals surface area (Å²) in [5.74, 6) is -0.385. The Morgan fingerprint density at radius 3 is 2.50 bits per heavy atom. The van der Waals surface area contributed by atoms with Crippen LogP contribution in [0.1, 0.15) is 21.7 Å². The van der Waals surface area contributed by atoms with Crippen LogP contribution in [0.4, 0.5) is 4.39 Å². The highest BCUT2D eigenvalue weighted by atomic mass is 19.1. The Hall–Kier alpha value is -3.02. The first-order valence-corrected chi connectivity index (χ1v) is 8.33. The van der Waals surface area contributed by atoms with Gasteiger partial charge in [-0.15, -0.1) is 0 Å². The fourth-order valence-electron chi connectivity index (χ4n) is 2.54. The first-order valence-electron chi connectivity index (χ1n) is 8.33. The molecule has 0 bridgehead atoms. The summed E-state index contributed by atoms with van der Waals surface area (Å²) in [6.07, 6.45) is 0. The van der Waals surface area contributed by atoms with Crippen molar-refractivity contribution in [1.29, 1.82) is 0 Å². The van der Waals surface area contributed by atoms with Gasteiger partial charge in [0.25, 0.3) is 5.91 Å². The molecule has 0 aliphatic carbocycles. The zero-order valence-electron chi connectivity index (χ0n) is 15.0. The van der Waals surface area contributed by atoms with E-state index in [4.69, 9.17) is 4.74 Å². The van der Waals surface area contributed by atoms with Crippen molar-refractivity contribution in [3.05, 3.63) is 65.2 Å². The zero-order chi connectivity index (χ0) is 18.7. The van der Waals surface area contributed by atoms with Gasteiger partial charge in [-0.2, -0.15) is 0 Å². The maximum Gasteiger partial charge on any atom is 0.253 e. The Labute approximate surface area is 151 Å². The molecule has 26 heavy (non-hydrogen) atoms. The first kappa shape index (κ1) is 17.8. The lowest BCUT2D eigenvalue weighted by molar-refractivity contribution is 0.0773. The number of para-hydroxylation sites is 1. The van der Waals surface area contributed by atoms with Crippen molar-refractivity contribution in [2.45, 2.75) is 13.8 Å². The van der Waals surface area contributed by atoms with Gasteiger partial charge >= 0.3 is 0 Å². The lowest BCUT2D eigenvalue weighted by Crippen LogP contribution is -2.31. The molecule has 0 saturated carbocycles. The molecule has 5 nitrogen and oxygen atoms in total. The van der Waals surface area contributed by atoms with Crippen molar-refractivity contribution in [3.8, 4) is 5.75 Å². The van der Waals surface area contributed by atoms with Gasteiger partial charge in [-0.1, -0.05) is 12.1 Å². The third-order valence-electron chi connectivity index (χ3n) is 4.19. The van der Waals surface area contributed by atoms with Crippen LogP contribution in [0.2, 0.25) is 0 Å². The molecule has 0 saturated heterocycles. The summed E-state index contributed by atoms with van der Waals surface area (Å²) in [5.41, 5.74) is 3.70.